The van der Waals surface area contributed by atoms with Crippen molar-refractivity contribution in [3.63, 3.8) is 0 Å². The summed E-state index contributed by atoms with van der Waals surface area (Å²) < 4.78 is 39.8. The quantitative estimate of drug-likeness (QED) is 0.769. The van der Waals surface area contributed by atoms with Gasteiger partial charge in [-0.3, -0.25) is 4.79 Å². The molecule has 0 aliphatic heterocycles. The van der Waals surface area contributed by atoms with E-state index in [0.29, 0.717) is 0 Å². The number of rotatable bonds is 2. The van der Waals surface area contributed by atoms with Crippen LogP contribution >= 0.6 is 11.6 Å². The van der Waals surface area contributed by atoms with E-state index in [4.69, 9.17) is 16.9 Å². The summed E-state index contributed by atoms with van der Waals surface area (Å²) in [6.07, 6.45) is -4.94. The summed E-state index contributed by atoms with van der Waals surface area (Å²) in [7, 11) is 0. The number of hydrogen-bond acceptors (Lipinski definition) is 3. The molecule has 1 aromatic rings. The van der Waals surface area contributed by atoms with Crippen LogP contribution in [0.5, 0.6) is 5.75 Å². The molecule has 3 nitrogen and oxygen atoms in total. The minimum atomic E-state index is -4.94. The summed E-state index contributed by atoms with van der Waals surface area (Å²) in [5, 5.41) is 8.53. The van der Waals surface area contributed by atoms with E-state index in [1.165, 1.54) is 6.07 Å². The van der Waals surface area contributed by atoms with Crippen LogP contribution in [0.15, 0.2) is 12.1 Å². The van der Waals surface area contributed by atoms with Crippen LogP contribution in [0.1, 0.15) is 22.8 Å². The Kier molecular flexibility index (Phi) is 3.63. The SMILES string of the molecule is CC(=O)c1cc(OC(F)(F)F)c(C#N)cc1Cl. The Hall–Kier alpha value is -1.74. The number of nitriles is 1. The summed E-state index contributed by atoms with van der Waals surface area (Å²) in [4.78, 5) is 11.1. The smallest absolute Gasteiger partial charge is 0.404 e. The molecule has 0 aliphatic rings. The molecular formula is C10H5ClF3NO2. The molecule has 0 unspecified atom stereocenters. The lowest BCUT2D eigenvalue weighted by Crippen LogP contribution is -2.18. The monoisotopic (exact) mass is 263 g/mol. The standard InChI is InChI=1S/C10H5ClF3NO2/c1-5(16)7-3-9(17-10(12,13)14)6(4-15)2-8(7)11/h2-3H,1H3. The van der Waals surface area contributed by atoms with E-state index in [1.54, 1.807) is 0 Å². The van der Waals surface area contributed by atoms with Crippen molar-refractivity contribution in [2.75, 3.05) is 0 Å². The molecule has 0 saturated heterocycles. The number of carbonyl (C=O) groups excluding carboxylic acids is 1. The van der Waals surface area contributed by atoms with E-state index in [-0.39, 0.29) is 10.6 Å². The molecule has 0 aromatic heterocycles. The van der Waals surface area contributed by atoms with Crippen molar-refractivity contribution in [2.45, 2.75) is 13.3 Å². The van der Waals surface area contributed by atoms with Gasteiger partial charge in [-0.15, -0.1) is 13.2 Å². The summed E-state index contributed by atoms with van der Waals surface area (Å²) in [6, 6.07) is 3.26. The molecule has 0 amide bonds. The fraction of sp³-hybridized carbons (Fsp3) is 0.200. The maximum atomic E-state index is 12.0. The second kappa shape index (κ2) is 4.63. The van der Waals surface area contributed by atoms with Gasteiger partial charge in [0, 0.05) is 5.56 Å². The van der Waals surface area contributed by atoms with Crippen LogP contribution in [0.4, 0.5) is 13.2 Å². The average molecular weight is 264 g/mol. The number of ketones is 1. The van der Waals surface area contributed by atoms with Crippen LogP contribution in [0.25, 0.3) is 0 Å². The van der Waals surface area contributed by atoms with Gasteiger partial charge in [0.25, 0.3) is 0 Å². The first-order chi connectivity index (χ1) is 7.74. The molecule has 0 spiro atoms. The largest absolute Gasteiger partial charge is 0.573 e. The van der Waals surface area contributed by atoms with E-state index in [0.717, 1.165) is 19.1 Å². The van der Waals surface area contributed by atoms with Gasteiger partial charge in [0.2, 0.25) is 0 Å². The zero-order valence-electron chi connectivity index (χ0n) is 8.43. The van der Waals surface area contributed by atoms with Gasteiger partial charge in [-0.2, -0.15) is 5.26 Å². The van der Waals surface area contributed by atoms with Gasteiger partial charge in [0.1, 0.15) is 11.8 Å². The predicted octanol–water partition coefficient (Wildman–Crippen LogP) is 3.31. The number of alkyl halides is 3. The fourth-order valence-corrected chi connectivity index (χ4v) is 1.42. The highest BCUT2D eigenvalue weighted by molar-refractivity contribution is 6.34. The highest BCUT2D eigenvalue weighted by Crippen LogP contribution is 2.31. The van der Waals surface area contributed by atoms with Gasteiger partial charge in [-0.25, -0.2) is 0 Å². The molecule has 17 heavy (non-hydrogen) atoms. The second-order valence-electron chi connectivity index (χ2n) is 3.04. The van der Waals surface area contributed by atoms with Crippen molar-refractivity contribution in [3.8, 4) is 11.8 Å². The lowest BCUT2D eigenvalue weighted by molar-refractivity contribution is -0.274. The lowest BCUT2D eigenvalue weighted by atomic mass is 10.1. The normalized spacial score (nSPS) is 10.8. The van der Waals surface area contributed by atoms with Crippen LogP contribution in [-0.2, 0) is 0 Å². The molecule has 0 bridgehead atoms. The first kappa shape index (κ1) is 13.3. The molecule has 0 aliphatic carbocycles. The Morgan fingerprint density at radius 1 is 1.47 bits per heavy atom. The van der Waals surface area contributed by atoms with Crippen molar-refractivity contribution < 1.29 is 22.7 Å². The van der Waals surface area contributed by atoms with Crippen molar-refractivity contribution in [3.05, 3.63) is 28.3 Å². The minimum absolute atomic E-state index is 0.0939. The van der Waals surface area contributed by atoms with Crippen molar-refractivity contribution >= 4 is 17.4 Å². The molecule has 0 saturated carbocycles. The second-order valence-corrected chi connectivity index (χ2v) is 3.45. The van der Waals surface area contributed by atoms with Crippen molar-refractivity contribution in [2.24, 2.45) is 0 Å². The van der Waals surface area contributed by atoms with E-state index < -0.39 is 23.5 Å². The van der Waals surface area contributed by atoms with Crippen molar-refractivity contribution in [1.29, 1.82) is 5.26 Å². The Morgan fingerprint density at radius 2 is 2.06 bits per heavy atom. The Morgan fingerprint density at radius 3 is 2.47 bits per heavy atom. The van der Waals surface area contributed by atoms with Gasteiger partial charge in [-0.05, 0) is 19.1 Å². The summed E-state index contributed by atoms with van der Waals surface area (Å²) in [5.41, 5.74) is -0.526. The van der Waals surface area contributed by atoms with Gasteiger partial charge in [0.05, 0.1) is 10.6 Å². The Balaban J connectivity index is 3.33. The van der Waals surface area contributed by atoms with E-state index in [1.807, 2.05) is 0 Å². The van der Waals surface area contributed by atoms with Gasteiger partial charge >= 0.3 is 6.36 Å². The molecule has 0 atom stereocenters. The first-order valence-electron chi connectivity index (χ1n) is 4.25. The van der Waals surface area contributed by atoms with Crippen LogP contribution in [0, 0.1) is 11.3 Å². The molecule has 1 aromatic carbocycles. The molecule has 0 radical (unpaired) electrons. The maximum Gasteiger partial charge on any atom is 0.573 e. The zero-order chi connectivity index (χ0) is 13.2. The summed E-state index contributed by atoms with van der Waals surface area (Å²) >= 11 is 5.64. The highest BCUT2D eigenvalue weighted by atomic mass is 35.5. The maximum absolute atomic E-state index is 12.0. The molecule has 0 fully saturated rings. The first-order valence-corrected chi connectivity index (χ1v) is 4.62. The number of ether oxygens (including phenoxy) is 1. The van der Waals surface area contributed by atoms with Gasteiger partial charge < -0.3 is 4.74 Å². The van der Waals surface area contributed by atoms with Crippen molar-refractivity contribution in [1.82, 2.24) is 0 Å². The predicted molar refractivity (Wildman–Crippen MR) is 52.9 cm³/mol. The number of nitrogens with zero attached hydrogens (tertiary/aromatic N) is 1. The molecule has 90 valence electrons. The van der Waals surface area contributed by atoms with Gasteiger partial charge in [0.15, 0.2) is 5.78 Å². The topological polar surface area (TPSA) is 50.1 Å². The third kappa shape index (κ3) is 3.36. The highest BCUT2D eigenvalue weighted by Gasteiger charge is 2.32. The van der Waals surface area contributed by atoms with Crippen LogP contribution in [0.3, 0.4) is 0 Å². The van der Waals surface area contributed by atoms with E-state index >= 15 is 0 Å². The number of carbonyl (C=O) groups is 1. The summed E-state index contributed by atoms with van der Waals surface area (Å²) in [5.74, 6) is -1.26. The van der Waals surface area contributed by atoms with E-state index in [9.17, 15) is 18.0 Å². The third-order valence-electron chi connectivity index (χ3n) is 1.79. The Bertz CT molecular complexity index is 505. The van der Waals surface area contributed by atoms with Crippen LogP contribution < -0.4 is 4.74 Å². The molecule has 1 rings (SSSR count). The number of hydrogen-bond donors (Lipinski definition) is 0. The fourth-order valence-electron chi connectivity index (χ4n) is 1.12. The van der Waals surface area contributed by atoms with E-state index in [2.05, 4.69) is 4.74 Å². The average Bonchev–Trinajstić information content (AvgIpc) is 2.17. The molecule has 0 heterocycles. The number of halogens is 4. The zero-order valence-corrected chi connectivity index (χ0v) is 9.19. The number of Topliss-reactive ketones (excluding diaryl/α,β-unsaturated/α-hetero) is 1. The third-order valence-corrected chi connectivity index (χ3v) is 2.11. The number of benzene rings is 1. The Labute approximate surface area is 99.4 Å². The van der Waals surface area contributed by atoms with Crippen LogP contribution in [-0.4, -0.2) is 12.1 Å². The molecule has 0 N–H and O–H groups in total. The van der Waals surface area contributed by atoms with Crippen LogP contribution in [0.2, 0.25) is 5.02 Å². The van der Waals surface area contributed by atoms with Gasteiger partial charge in [-0.1, -0.05) is 11.6 Å². The minimum Gasteiger partial charge on any atom is -0.404 e. The molecule has 7 heteroatoms. The lowest BCUT2D eigenvalue weighted by Gasteiger charge is -2.11. The summed E-state index contributed by atoms with van der Waals surface area (Å²) in [6.45, 7) is 1.14. The molecular weight excluding hydrogens is 259 g/mol.